The lowest BCUT2D eigenvalue weighted by Gasteiger charge is -2.06. The van der Waals surface area contributed by atoms with Crippen molar-refractivity contribution in [2.45, 2.75) is 6.92 Å². The molecule has 0 aromatic carbocycles. The number of hydroxylamine groups is 1. The molecule has 1 rings (SSSR count). The van der Waals surface area contributed by atoms with Crippen molar-refractivity contribution in [2.75, 3.05) is 18.9 Å². The zero-order valence-electron chi connectivity index (χ0n) is 8.82. The van der Waals surface area contributed by atoms with E-state index in [9.17, 15) is 9.59 Å². The molecule has 7 heteroatoms. The number of nitrogens with one attached hydrogen (secondary N) is 1. The second-order valence-electron chi connectivity index (χ2n) is 2.73. The molecule has 0 saturated carbocycles. The molecule has 1 heterocycles. The van der Waals surface area contributed by atoms with Gasteiger partial charge < -0.3 is 9.57 Å². The molecular weight excluding hydrogens is 232 g/mol. The number of hydrogen-bond donors (Lipinski definition) is 1. The van der Waals surface area contributed by atoms with E-state index in [1.165, 1.54) is 11.8 Å². The van der Waals surface area contributed by atoms with Crippen LogP contribution < -0.4 is 5.48 Å². The van der Waals surface area contributed by atoms with E-state index in [1.807, 2.05) is 5.48 Å². The number of carbonyl (C=O) groups excluding carboxylic acids is 2. The van der Waals surface area contributed by atoms with Gasteiger partial charge in [0.1, 0.15) is 5.04 Å². The van der Waals surface area contributed by atoms with Gasteiger partial charge in [0.15, 0.2) is 0 Å². The van der Waals surface area contributed by atoms with Gasteiger partial charge >= 0.3 is 12.1 Å². The first-order valence-corrected chi connectivity index (χ1v) is 5.64. The molecule has 0 spiro atoms. The van der Waals surface area contributed by atoms with E-state index in [0.717, 1.165) is 5.75 Å². The second-order valence-corrected chi connectivity index (χ2v) is 3.81. The van der Waals surface area contributed by atoms with Gasteiger partial charge in [-0.2, -0.15) is 0 Å². The minimum atomic E-state index is -0.815. The van der Waals surface area contributed by atoms with E-state index >= 15 is 0 Å². The number of thioether (sulfide) groups is 1. The smallest absolute Gasteiger partial charge is 0.440 e. The van der Waals surface area contributed by atoms with Crippen LogP contribution in [0, 0.1) is 0 Å². The van der Waals surface area contributed by atoms with Crippen molar-refractivity contribution < 1.29 is 19.2 Å². The minimum Gasteiger partial charge on any atom is -0.448 e. The summed E-state index contributed by atoms with van der Waals surface area (Å²) in [5, 5.41) is 0.552. The third-order valence-electron chi connectivity index (χ3n) is 1.59. The molecule has 0 aromatic heterocycles. The summed E-state index contributed by atoms with van der Waals surface area (Å²) in [6.45, 7) is 6.05. The molecule has 0 saturated heterocycles. The van der Waals surface area contributed by atoms with Gasteiger partial charge in [0, 0.05) is 12.3 Å². The fourth-order valence-corrected chi connectivity index (χ4v) is 1.73. The lowest BCUT2D eigenvalue weighted by atomic mass is 10.3. The van der Waals surface area contributed by atoms with Crippen molar-refractivity contribution in [2.24, 2.45) is 4.99 Å². The molecule has 1 amide bonds. The van der Waals surface area contributed by atoms with Gasteiger partial charge in [-0.1, -0.05) is 6.58 Å². The summed E-state index contributed by atoms with van der Waals surface area (Å²) in [7, 11) is 0. The summed E-state index contributed by atoms with van der Waals surface area (Å²) >= 11 is 1.43. The number of amides is 1. The van der Waals surface area contributed by atoms with Crippen molar-refractivity contribution in [1.82, 2.24) is 5.48 Å². The summed E-state index contributed by atoms with van der Waals surface area (Å²) in [6.07, 6.45) is -0.815. The molecular formula is C9H12N2O4S. The Bertz CT molecular complexity index is 340. The lowest BCUT2D eigenvalue weighted by molar-refractivity contribution is -0.144. The normalized spacial score (nSPS) is 13.9. The largest absolute Gasteiger partial charge is 0.448 e. The Morgan fingerprint density at radius 1 is 1.62 bits per heavy atom. The highest BCUT2D eigenvalue weighted by Crippen LogP contribution is 2.17. The first kappa shape index (κ1) is 12.6. The van der Waals surface area contributed by atoms with E-state index < -0.39 is 12.1 Å². The van der Waals surface area contributed by atoms with Crippen LogP contribution in [0.2, 0.25) is 0 Å². The SMILES string of the molecule is C=C(C(=O)ONC(=O)OCC)C1=NCCS1. The predicted molar refractivity (Wildman–Crippen MR) is 60.1 cm³/mol. The van der Waals surface area contributed by atoms with Crippen LogP contribution in [0.5, 0.6) is 0 Å². The number of rotatable bonds is 3. The maximum Gasteiger partial charge on any atom is 0.440 e. The fraction of sp³-hybridized carbons (Fsp3) is 0.444. The predicted octanol–water partition coefficient (Wildman–Crippen LogP) is 0.892. The molecule has 1 aliphatic heterocycles. The Kier molecular flexibility index (Phi) is 4.84. The molecule has 0 radical (unpaired) electrons. The summed E-state index contributed by atoms with van der Waals surface area (Å²) in [4.78, 5) is 30.7. The molecule has 0 fully saturated rings. The molecule has 0 aromatic rings. The van der Waals surface area contributed by atoms with Gasteiger partial charge in [0.2, 0.25) is 0 Å². The molecule has 16 heavy (non-hydrogen) atoms. The highest BCUT2D eigenvalue weighted by atomic mass is 32.2. The second kappa shape index (κ2) is 6.16. The van der Waals surface area contributed by atoms with Crippen molar-refractivity contribution in [3.05, 3.63) is 12.2 Å². The van der Waals surface area contributed by atoms with Crippen LogP contribution in [0.15, 0.2) is 17.1 Å². The number of aliphatic imine (C=N–C) groups is 1. The Morgan fingerprint density at radius 2 is 2.38 bits per heavy atom. The van der Waals surface area contributed by atoms with Crippen molar-refractivity contribution >= 4 is 28.9 Å². The van der Waals surface area contributed by atoms with Crippen LogP contribution in [0.3, 0.4) is 0 Å². The third kappa shape index (κ3) is 3.58. The minimum absolute atomic E-state index is 0.138. The van der Waals surface area contributed by atoms with Crippen molar-refractivity contribution in [1.29, 1.82) is 0 Å². The van der Waals surface area contributed by atoms with Crippen LogP contribution in [0.25, 0.3) is 0 Å². The topological polar surface area (TPSA) is 77.0 Å². The molecule has 0 atom stereocenters. The highest BCUT2D eigenvalue weighted by molar-refractivity contribution is 8.14. The van der Waals surface area contributed by atoms with Gasteiger partial charge in [-0.3, -0.25) is 4.99 Å². The number of nitrogens with zero attached hydrogens (tertiary/aromatic N) is 1. The molecule has 0 aliphatic carbocycles. The van der Waals surface area contributed by atoms with Gasteiger partial charge in [0.25, 0.3) is 0 Å². The quantitative estimate of drug-likeness (QED) is 0.589. The van der Waals surface area contributed by atoms with Gasteiger partial charge in [-0.25, -0.2) is 9.59 Å². The third-order valence-corrected chi connectivity index (χ3v) is 2.63. The van der Waals surface area contributed by atoms with Gasteiger partial charge in [0.05, 0.1) is 12.2 Å². The van der Waals surface area contributed by atoms with Crippen LogP contribution in [-0.2, 0) is 14.4 Å². The maximum absolute atomic E-state index is 11.4. The zero-order chi connectivity index (χ0) is 12.0. The molecule has 1 N–H and O–H groups in total. The number of ether oxygens (including phenoxy) is 1. The summed E-state index contributed by atoms with van der Waals surface area (Å²) in [6, 6.07) is 0. The summed E-state index contributed by atoms with van der Waals surface area (Å²) in [5.74, 6) is 0.0913. The van der Waals surface area contributed by atoms with E-state index in [2.05, 4.69) is 21.1 Å². The van der Waals surface area contributed by atoms with E-state index in [0.29, 0.717) is 11.6 Å². The summed E-state index contributed by atoms with van der Waals surface area (Å²) < 4.78 is 4.51. The molecule has 88 valence electrons. The maximum atomic E-state index is 11.4. The lowest BCUT2D eigenvalue weighted by Crippen LogP contribution is -2.29. The van der Waals surface area contributed by atoms with Crippen LogP contribution in [0.4, 0.5) is 4.79 Å². The van der Waals surface area contributed by atoms with E-state index in [4.69, 9.17) is 0 Å². The monoisotopic (exact) mass is 244 g/mol. The summed E-state index contributed by atoms with van der Waals surface area (Å²) in [5.41, 5.74) is 1.99. The average Bonchev–Trinajstić information content (AvgIpc) is 2.78. The molecule has 1 aliphatic rings. The van der Waals surface area contributed by atoms with Crippen LogP contribution in [-0.4, -0.2) is 36.0 Å². The number of carbonyl (C=O) groups is 2. The molecule has 0 unspecified atom stereocenters. The Balaban J connectivity index is 2.34. The Morgan fingerprint density at radius 3 is 2.94 bits per heavy atom. The van der Waals surface area contributed by atoms with Crippen LogP contribution >= 0.6 is 11.8 Å². The Hall–Kier alpha value is -1.50. The number of hydrogen-bond acceptors (Lipinski definition) is 6. The average molecular weight is 244 g/mol. The zero-order valence-corrected chi connectivity index (χ0v) is 9.63. The van der Waals surface area contributed by atoms with Crippen molar-refractivity contribution in [3.63, 3.8) is 0 Å². The van der Waals surface area contributed by atoms with E-state index in [-0.39, 0.29) is 12.2 Å². The first-order chi connectivity index (χ1) is 7.65. The highest BCUT2D eigenvalue weighted by Gasteiger charge is 2.19. The van der Waals surface area contributed by atoms with Crippen LogP contribution in [0.1, 0.15) is 6.92 Å². The fourth-order valence-electron chi connectivity index (χ4n) is 0.915. The van der Waals surface area contributed by atoms with Crippen molar-refractivity contribution in [3.8, 4) is 0 Å². The molecule has 0 bridgehead atoms. The van der Waals surface area contributed by atoms with E-state index in [1.54, 1.807) is 6.92 Å². The standard InChI is InChI=1S/C9H12N2O4S/c1-3-14-9(13)11-15-8(12)6(2)7-10-4-5-16-7/h2-5H2,1H3,(H,11,13). The molecule has 6 nitrogen and oxygen atoms in total. The first-order valence-electron chi connectivity index (χ1n) is 4.65. The van der Waals surface area contributed by atoms with Gasteiger partial charge in [-0.15, -0.1) is 17.2 Å². The van der Waals surface area contributed by atoms with Gasteiger partial charge in [-0.05, 0) is 6.92 Å². The Labute approximate surface area is 97.0 Å².